The van der Waals surface area contributed by atoms with Gasteiger partial charge in [-0.05, 0) is 12.1 Å². The van der Waals surface area contributed by atoms with Gasteiger partial charge < -0.3 is 10.0 Å². The fourth-order valence-electron chi connectivity index (χ4n) is 3.35. The Bertz CT molecular complexity index is 668. The minimum absolute atomic E-state index is 0.0791. The molecule has 2 saturated heterocycles. The van der Waals surface area contributed by atoms with E-state index in [1.807, 2.05) is 4.90 Å². The lowest BCUT2D eigenvalue weighted by Crippen LogP contribution is -2.59. The molecule has 2 aliphatic rings. The van der Waals surface area contributed by atoms with Crippen molar-refractivity contribution in [2.45, 2.75) is 24.8 Å². The summed E-state index contributed by atoms with van der Waals surface area (Å²) in [5, 5.41) is 19.4. The van der Waals surface area contributed by atoms with E-state index >= 15 is 0 Å². The van der Waals surface area contributed by atoms with Gasteiger partial charge in [0.05, 0.1) is 22.2 Å². The molecule has 0 spiro atoms. The van der Waals surface area contributed by atoms with E-state index in [-0.39, 0.29) is 23.6 Å². The van der Waals surface area contributed by atoms with Crippen molar-refractivity contribution in [3.8, 4) is 11.8 Å². The van der Waals surface area contributed by atoms with Crippen LogP contribution in [0.25, 0.3) is 0 Å². The van der Waals surface area contributed by atoms with Gasteiger partial charge >= 0.3 is 0 Å². The first-order valence-electron chi connectivity index (χ1n) is 7.57. The Morgan fingerprint density at radius 3 is 2.74 bits per heavy atom. The summed E-state index contributed by atoms with van der Waals surface area (Å²) in [5.41, 5.74) is 0.565. The molecule has 3 rings (SSSR count). The van der Waals surface area contributed by atoms with Crippen LogP contribution in [0.5, 0.6) is 5.75 Å². The van der Waals surface area contributed by atoms with E-state index in [0.29, 0.717) is 35.0 Å². The molecule has 2 aliphatic heterocycles. The van der Waals surface area contributed by atoms with Crippen LogP contribution in [-0.4, -0.2) is 53.0 Å². The topological polar surface area (TPSA) is 67.6 Å². The number of carbonyl (C=O) groups is 1. The Kier molecular flexibility index (Phi) is 4.67. The molecule has 0 aliphatic carbocycles. The molecule has 1 aromatic rings. The maximum absolute atomic E-state index is 12.3. The van der Waals surface area contributed by atoms with Crippen molar-refractivity contribution in [2.24, 2.45) is 0 Å². The van der Waals surface area contributed by atoms with Crippen molar-refractivity contribution in [1.82, 2.24) is 9.80 Å². The standard InChI is InChI=1S/C16H17Cl2N3O2/c17-12-2-3-13(22)15(16(12)18)10-6-14(23)21(7-10)11-8-20(9-11)5-1-4-19/h2-3,10-11,22H,1,5-9H2/t10-/m1/s1. The highest BCUT2D eigenvalue weighted by atomic mass is 35.5. The number of phenolic OH excluding ortho intramolecular Hbond substituents is 1. The first-order chi connectivity index (χ1) is 11.0. The second-order valence-electron chi connectivity index (χ2n) is 6.06. The number of carbonyl (C=O) groups excluding carboxylic acids is 1. The van der Waals surface area contributed by atoms with Crippen LogP contribution in [0.4, 0.5) is 0 Å². The molecule has 7 heteroatoms. The molecule has 1 aromatic carbocycles. The lowest BCUT2D eigenvalue weighted by molar-refractivity contribution is -0.132. The van der Waals surface area contributed by atoms with Gasteiger partial charge in [0.2, 0.25) is 5.91 Å². The molecule has 2 fully saturated rings. The van der Waals surface area contributed by atoms with E-state index in [9.17, 15) is 9.90 Å². The van der Waals surface area contributed by atoms with E-state index in [1.54, 1.807) is 6.07 Å². The Hall–Kier alpha value is -1.48. The van der Waals surface area contributed by atoms with E-state index in [2.05, 4.69) is 11.0 Å². The first kappa shape index (κ1) is 16.4. The number of phenols is 1. The number of nitrogens with zero attached hydrogens (tertiary/aromatic N) is 3. The lowest BCUT2D eigenvalue weighted by atomic mass is 9.97. The zero-order chi connectivity index (χ0) is 16.6. The molecule has 0 bridgehead atoms. The maximum atomic E-state index is 12.3. The van der Waals surface area contributed by atoms with E-state index in [4.69, 9.17) is 28.5 Å². The summed E-state index contributed by atoms with van der Waals surface area (Å²) in [6.07, 6.45) is 0.845. The number of rotatable bonds is 4. The van der Waals surface area contributed by atoms with Crippen LogP contribution in [0, 0.1) is 11.3 Å². The van der Waals surface area contributed by atoms with E-state index in [1.165, 1.54) is 6.07 Å². The Morgan fingerprint density at radius 1 is 1.30 bits per heavy atom. The quantitative estimate of drug-likeness (QED) is 0.903. The average molecular weight is 354 g/mol. The molecule has 0 radical (unpaired) electrons. The Balaban J connectivity index is 1.68. The number of hydrogen-bond acceptors (Lipinski definition) is 4. The van der Waals surface area contributed by atoms with Gasteiger partial charge in [-0.2, -0.15) is 5.26 Å². The van der Waals surface area contributed by atoms with Gasteiger partial charge in [-0.15, -0.1) is 0 Å². The smallest absolute Gasteiger partial charge is 0.223 e. The number of nitriles is 1. The van der Waals surface area contributed by atoms with Crippen LogP contribution >= 0.6 is 23.2 Å². The number of hydrogen-bond donors (Lipinski definition) is 1. The summed E-state index contributed by atoms with van der Waals surface area (Å²) in [6, 6.07) is 5.38. The minimum Gasteiger partial charge on any atom is -0.508 e. The van der Waals surface area contributed by atoms with Gasteiger partial charge in [0.15, 0.2) is 0 Å². The highest BCUT2D eigenvalue weighted by molar-refractivity contribution is 6.42. The third-order valence-corrected chi connectivity index (χ3v) is 5.41. The second kappa shape index (κ2) is 6.56. The average Bonchev–Trinajstić information content (AvgIpc) is 2.83. The third kappa shape index (κ3) is 3.12. The number of halogens is 2. The molecule has 5 nitrogen and oxygen atoms in total. The van der Waals surface area contributed by atoms with Crippen LogP contribution in [0.1, 0.15) is 24.3 Å². The summed E-state index contributed by atoms with van der Waals surface area (Å²) < 4.78 is 0. The third-order valence-electron chi connectivity index (χ3n) is 4.59. The van der Waals surface area contributed by atoms with Crippen molar-refractivity contribution in [3.63, 3.8) is 0 Å². The largest absolute Gasteiger partial charge is 0.508 e. The Morgan fingerprint density at radius 2 is 2.04 bits per heavy atom. The zero-order valence-electron chi connectivity index (χ0n) is 12.5. The minimum atomic E-state index is -0.137. The van der Waals surface area contributed by atoms with Gasteiger partial charge in [-0.25, -0.2) is 0 Å². The van der Waals surface area contributed by atoms with Gasteiger partial charge in [0.1, 0.15) is 5.75 Å². The normalized spacial score (nSPS) is 22.2. The van der Waals surface area contributed by atoms with E-state index in [0.717, 1.165) is 19.6 Å². The molecule has 1 atom stereocenters. The molecule has 0 saturated carbocycles. The van der Waals surface area contributed by atoms with Gasteiger partial charge in [0, 0.05) is 50.5 Å². The maximum Gasteiger partial charge on any atom is 0.223 e. The summed E-state index contributed by atoms with van der Waals surface area (Å²) in [7, 11) is 0. The highest BCUT2D eigenvalue weighted by Crippen LogP contribution is 2.42. The van der Waals surface area contributed by atoms with Gasteiger partial charge in [-0.1, -0.05) is 23.2 Å². The van der Waals surface area contributed by atoms with Crippen LogP contribution in [0.3, 0.4) is 0 Å². The predicted octanol–water partition coefficient (Wildman–Crippen LogP) is 2.61. The molecular weight excluding hydrogens is 337 g/mol. The monoisotopic (exact) mass is 353 g/mol. The molecule has 0 unspecified atom stereocenters. The van der Waals surface area contributed by atoms with Crippen molar-refractivity contribution in [3.05, 3.63) is 27.7 Å². The van der Waals surface area contributed by atoms with Gasteiger partial charge in [-0.3, -0.25) is 9.69 Å². The number of aromatic hydroxyl groups is 1. The highest BCUT2D eigenvalue weighted by Gasteiger charge is 2.41. The fraction of sp³-hybridized carbons (Fsp3) is 0.500. The van der Waals surface area contributed by atoms with Crippen LogP contribution in [0.15, 0.2) is 12.1 Å². The first-order valence-corrected chi connectivity index (χ1v) is 8.32. The SMILES string of the molecule is N#CCCN1CC(N2C[C@H](c3c(O)ccc(Cl)c3Cl)CC2=O)C1. The van der Waals surface area contributed by atoms with Crippen molar-refractivity contribution in [2.75, 3.05) is 26.2 Å². The van der Waals surface area contributed by atoms with Gasteiger partial charge in [0.25, 0.3) is 0 Å². The summed E-state index contributed by atoms with van der Waals surface area (Å²) in [4.78, 5) is 16.3. The van der Waals surface area contributed by atoms with Crippen molar-refractivity contribution >= 4 is 29.1 Å². The molecule has 2 heterocycles. The molecule has 1 amide bonds. The summed E-state index contributed by atoms with van der Waals surface area (Å²) in [6.45, 7) is 2.90. The predicted molar refractivity (Wildman–Crippen MR) is 87.7 cm³/mol. The Labute approximate surface area is 145 Å². The second-order valence-corrected chi connectivity index (χ2v) is 6.85. The van der Waals surface area contributed by atoms with Crippen LogP contribution in [0.2, 0.25) is 10.0 Å². The number of amides is 1. The van der Waals surface area contributed by atoms with E-state index < -0.39 is 0 Å². The van der Waals surface area contributed by atoms with Crippen molar-refractivity contribution < 1.29 is 9.90 Å². The summed E-state index contributed by atoms with van der Waals surface area (Å²) in [5.74, 6) is 0.0283. The fourth-order valence-corrected chi connectivity index (χ4v) is 3.83. The number of likely N-dealkylation sites (tertiary alicyclic amines) is 2. The molecule has 122 valence electrons. The van der Waals surface area contributed by atoms with Crippen LogP contribution < -0.4 is 0 Å². The molecule has 1 N–H and O–H groups in total. The van der Waals surface area contributed by atoms with Crippen molar-refractivity contribution in [1.29, 1.82) is 5.26 Å². The zero-order valence-corrected chi connectivity index (χ0v) is 14.0. The number of benzene rings is 1. The molecule has 23 heavy (non-hydrogen) atoms. The molecular formula is C16H17Cl2N3O2. The molecule has 0 aromatic heterocycles. The lowest BCUT2D eigenvalue weighted by Gasteiger charge is -2.43. The summed E-state index contributed by atoms with van der Waals surface area (Å²) >= 11 is 12.3. The van der Waals surface area contributed by atoms with Crippen LogP contribution in [-0.2, 0) is 4.79 Å².